The van der Waals surface area contributed by atoms with Gasteiger partial charge >= 0.3 is 0 Å². The van der Waals surface area contributed by atoms with E-state index in [1.165, 1.54) is 5.56 Å². The van der Waals surface area contributed by atoms with Crippen molar-refractivity contribution in [3.8, 4) is 11.5 Å². The summed E-state index contributed by atoms with van der Waals surface area (Å²) in [7, 11) is 0. The zero-order valence-corrected chi connectivity index (χ0v) is 15.5. The molecule has 2 aromatic carbocycles. The van der Waals surface area contributed by atoms with Crippen LogP contribution >= 0.6 is 0 Å². The summed E-state index contributed by atoms with van der Waals surface area (Å²) >= 11 is 0. The third-order valence-corrected chi connectivity index (χ3v) is 3.80. The number of nitrogens with one attached hydrogen (secondary N) is 1. The lowest BCUT2D eigenvalue weighted by atomic mass is 9.87. The predicted molar refractivity (Wildman–Crippen MR) is 101 cm³/mol. The molecule has 0 fully saturated rings. The van der Waals surface area contributed by atoms with Crippen molar-refractivity contribution < 1.29 is 14.3 Å². The first-order valence-corrected chi connectivity index (χ1v) is 8.64. The molecule has 25 heavy (non-hydrogen) atoms. The molecule has 134 valence electrons. The first-order valence-electron chi connectivity index (χ1n) is 8.64. The Hall–Kier alpha value is -2.49. The minimum absolute atomic E-state index is 0.0839. The summed E-state index contributed by atoms with van der Waals surface area (Å²) < 4.78 is 11.0. The molecule has 2 rings (SSSR count). The number of carbonyl (C=O) groups is 1. The fraction of sp³-hybridized carbons (Fsp3) is 0.381. The van der Waals surface area contributed by atoms with E-state index in [0.29, 0.717) is 25.3 Å². The summed E-state index contributed by atoms with van der Waals surface area (Å²) in [6, 6.07) is 15.2. The molecule has 4 heteroatoms. The largest absolute Gasteiger partial charge is 0.494 e. The van der Waals surface area contributed by atoms with Crippen molar-refractivity contribution in [2.75, 3.05) is 19.8 Å². The van der Waals surface area contributed by atoms with Gasteiger partial charge in [-0.25, -0.2) is 0 Å². The molecule has 0 aliphatic rings. The van der Waals surface area contributed by atoms with Crippen molar-refractivity contribution in [2.45, 2.75) is 33.1 Å². The second-order valence-corrected chi connectivity index (χ2v) is 6.84. The number of hydrogen-bond acceptors (Lipinski definition) is 3. The highest BCUT2D eigenvalue weighted by Crippen LogP contribution is 2.22. The Morgan fingerprint density at radius 3 is 2.00 bits per heavy atom. The fourth-order valence-electron chi connectivity index (χ4n) is 2.36. The highest BCUT2D eigenvalue weighted by atomic mass is 16.5. The molecule has 0 spiro atoms. The van der Waals surface area contributed by atoms with Gasteiger partial charge in [-0.15, -0.1) is 0 Å². The van der Waals surface area contributed by atoms with Crippen molar-refractivity contribution >= 4 is 5.91 Å². The molecule has 0 aliphatic carbocycles. The smallest absolute Gasteiger partial charge is 0.251 e. The van der Waals surface area contributed by atoms with Crippen LogP contribution < -0.4 is 14.8 Å². The molecule has 0 saturated heterocycles. The van der Waals surface area contributed by atoms with Gasteiger partial charge in [0, 0.05) is 5.56 Å². The Kier molecular flexibility index (Phi) is 6.45. The number of benzene rings is 2. The minimum atomic E-state index is -0.0873. The predicted octanol–water partition coefficient (Wildman–Crippen LogP) is 4.19. The highest BCUT2D eigenvalue weighted by molar-refractivity contribution is 5.94. The lowest BCUT2D eigenvalue weighted by Gasteiger charge is -2.19. The van der Waals surface area contributed by atoms with Crippen LogP contribution in [0, 0.1) is 0 Å². The molecule has 0 heterocycles. The average molecular weight is 341 g/mol. The van der Waals surface area contributed by atoms with Crippen molar-refractivity contribution in [3.63, 3.8) is 0 Å². The summed E-state index contributed by atoms with van der Waals surface area (Å²) in [5.74, 6) is 1.49. The van der Waals surface area contributed by atoms with E-state index in [-0.39, 0.29) is 11.3 Å². The number of ether oxygens (including phenoxy) is 2. The molecule has 1 N–H and O–H groups in total. The van der Waals surface area contributed by atoms with Crippen molar-refractivity contribution in [1.29, 1.82) is 0 Å². The quantitative estimate of drug-likeness (QED) is 0.768. The SMILES string of the molecule is CCOc1ccc(OCCNC(=O)c2ccc(C(C)(C)C)cc2)cc1. The maximum Gasteiger partial charge on any atom is 0.251 e. The number of carbonyl (C=O) groups excluding carboxylic acids is 1. The molecule has 1 amide bonds. The van der Waals surface area contributed by atoms with Crippen LogP contribution in [-0.4, -0.2) is 25.7 Å². The standard InChI is InChI=1S/C21H27NO3/c1-5-24-18-10-12-19(13-11-18)25-15-14-22-20(23)16-6-8-17(9-7-16)21(2,3)4/h6-13H,5,14-15H2,1-4H3,(H,22,23). The Morgan fingerprint density at radius 2 is 1.48 bits per heavy atom. The van der Waals surface area contributed by atoms with Crippen molar-refractivity contribution in [3.05, 3.63) is 59.7 Å². The van der Waals surface area contributed by atoms with Gasteiger partial charge in [0.05, 0.1) is 13.2 Å². The van der Waals surface area contributed by atoms with Crippen LogP contribution in [0.2, 0.25) is 0 Å². The van der Waals surface area contributed by atoms with Gasteiger partial charge in [0.2, 0.25) is 0 Å². The van der Waals surface area contributed by atoms with Gasteiger partial charge < -0.3 is 14.8 Å². The lowest BCUT2D eigenvalue weighted by Crippen LogP contribution is -2.28. The third-order valence-electron chi connectivity index (χ3n) is 3.80. The Labute approximate surface area is 150 Å². The van der Waals surface area contributed by atoms with E-state index in [9.17, 15) is 4.79 Å². The zero-order chi connectivity index (χ0) is 18.3. The van der Waals surface area contributed by atoms with Gasteiger partial charge in [0.1, 0.15) is 18.1 Å². The molecule has 0 aliphatic heterocycles. The van der Waals surface area contributed by atoms with Crippen LogP contribution in [0.15, 0.2) is 48.5 Å². The molecular weight excluding hydrogens is 314 g/mol. The van der Waals surface area contributed by atoms with Gasteiger partial charge in [0.25, 0.3) is 5.91 Å². The maximum atomic E-state index is 12.2. The van der Waals surface area contributed by atoms with E-state index >= 15 is 0 Å². The number of rotatable bonds is 7. The molecule has 4 nitrogen and oxygen atoms in total. The van der Waals surface area contributed by atoms with Gasteiger partial charge in [0.15, 0.2) is 0 Å². The van der Waals surface area contributed by atoms with E-state index in [1.54, 1.807) is 0 Å². The van der Waals surface area contributed by atoms with Crippen LogP contribution in [0.4, 0.5) is 0 Å². The first-order chi connectivity index (χ1) is 11.9. The molecule has 0 unspecified atom stereocenters. The van der Waals surface area contributed by atoms with Crippen LogP contribution in [0.1, 0.15) is 43.6 Å². The van der Waals surface area contributed by atoms with E-state index < -0.39 is 0 Å². The monoisotopic (exact) mass is 341 g/mol. The molecule has 0 atom stereocenters. The van der Waals surface area contributed by atoms with Crippen LogP contribution in [0.3, 0.4) is 0 Å². The summed E-state index contributed by atoms with van der Waals surface area (Å²) in [6.07, 6.45) is 0. The molecule has 2 aromatic rings. The molecule has 0 bridgehead atoms. The number of amides is 1. The summed E-state index contributed by atoms with van der Waals surface area (Å²) in [4.78, 5) is 12.2. The van der Waals surface area contributed by atoms with Gasteiger partial charge in [-0.3, -0.25) is 4.79 Å². The maximum absolute atomic E-state index is 12.2. The van der Waals surface area contributed by atoms with Gasteiger partial charge in [-0.05, 0) is 54.3 Å². The van der Waals surface area contributed by atoms with Gasteiger partial charge in [-0.1, -0.05) is 32.9 Å². The number of hydrogen-bond donors (Lipinski definition) is 1. The Morgan fingerprint density at radius 1 is 0.920 bits per heavy atom. The summed E-state index contributed by atoms with van der Waals surface area (Å²) in [6.45, 7) is 9.92. The topological polar surface area (TPSA) is 47.6 Å². The normalized spacial score (nSPS) is 11.0. The second-order valence-electron chi connectivity index (χ2n) is 6.84. The Balaban J connectivity index is 1.76. The van der Waals surface area contributed by atoms with Crippen molar-refractivity contribution in [1.82, 2.24) is 5.32 Å². The van der Waals surface area contributed by atoms with E-state index in [2.05, 4.69) is 26.1 Å². The zero-order valence-electron chi connectivity index (χ0n) is 15.5. The van der Waals surface area contributed by atoms with Crippen LogP contribution in [0.25, 0.3) is 0 Å². The third kappa shape index (κ3) is 5.82. The first kappa shape index (κ1) is 18.8. The lowest BCUT2D eigenvalue weighted by molar-refractivity contribution is 0.0947. The van der Waals surface area contributed by atoms with Gasteiger partial charge in [-0.2, -0.15) is 0 Å². The fourth-order valence-corrected chi connectivity index (χ4v) is 2.36. The van der Waals surface area contributed by atoms with Crippen LogP contribution in [0.5, 0.6) is 11.5 Å². The van der Waals surface area contributed by atoms with E-state index in [4.69, 9.17) is 9.47 Å². The molecular formula is C21H27NO3. The van der Waals surface area contributed by atoms with Crippen LogP contribution in [-0.2, 0) is 5.41 Å². The van der Waals surface area contributed by atoms with Crippen molar-refractivity contribution in [2.24, 2.45) is 0 Å². The molecule has 0 aromatic heterocycles. The molecule has 0 saturated carbocycles. The second kappa shape index (κ2) is 8.56. The Bertz CT molecular complexity index is 670. The van der Waals surface area contributed by atoms with E-state index in [0.717, 1.165) is 11.5 Å². The molecule has 0 radical (unpaired) electrons. The average Bonchev–Trinajstić information content (AvgIpc) is 2.59. The summed E-state index contributed by atoms with van der Waals surface area (Å²) in [5.41, 5.74) is 1.96. The highest BCUT2D eigenvalue weighted by Gasteiger charge is 2.14. The minimum Gasteiger partial charge on any atom is -0.494 e. The van der Waals surface area contributed by atoms with E-state index in [1.807, 2.05) is 55.5 Å². The summed E-state index contributed by atoms with van der Waals surface area (Å²) in [5, 5.41) is 2.87.